The van der Waals surface area contributed by atoms with Gasteiger partial charge in [-0.1, -0.05) is 25.9 Å². The van der Waals surface area contributed by atoms with E-state index in [9.17, 15) is 0 Å². The van der Waals surface area contributed by atoms with Gasteiger partial charge in [-0.05, 0) is 33.1 Å². The Morgan fingerprint density at radius 2 is 1.89 bits per heavy atom. The fraction of sp³-hybridized carbons (Fsp3) is 0.846. The molecule has 1 heterocycles. The summed E-state index contributed by atoms with van der Waals surface area (Å²) in [6.07, 6.45) is 1.04. The van der Waals surface area contributed by atoms with Crippen LogP contribution in [-0.2, 0) is 6.54 Å². The van der Waals surface area contributed by atoms with E-state index in [1.165, 1.54) is 0 Å². The van der Waals surface area contributed by atoms with Crippen molar-refractivity contribution in [1.82, 2.24) is 15.5 Å². The Morgan fingerprint density at radius 1 is 1.22 bits per heavy atom. The first-order chi connectivity index (χ1) is 8.31. The molecule has 5 nitrogen and oxygen atoms in total. The van der Waals surface area contributed by atoms with Gasteiger partial charge in [-0.3, -0.25) is 0 Å². The quantitative estimate of drug-likeness (QED) is 0.817. The molecule has 0 spiro atoms. The van der Waals surface area contributed by atoms with Crippen LogP contribution in [0.25, 0.3) is 0 Å². The lowest BCUT2D eigenvalue weighted by molar-refractivity contribution is 0.381. The number of nitrogens with zero attached hydrogens (tertiary/aromatic N) is 2. The summed E-state index contributed by atoms with van der Waals surface area (Å²) in [4.78, 5) is 0. The van der Waals surface area contributed by atoms with Crippen molar-refractivity contribution in [3.8, 4) is 0 Å². The van der Waals surface area contributed by atoms with Gasteiger partial charge in [0, 0.05) is 11.6 Å². The molecule has 0 saturated carbocycles. The zero-order chi connectivity index (χ0) is 13.8. The van der Waals surface area contributed by atoms with Crippen molar-refractivity contribution in [3.63, 3.8) is 0 Å². The van der Waals surface area contributed by atoms with E-state index in [4.69, 9.17) is 4.42 Å². The highest BCUT2D eigenvalue weighted by Crippen LogP contribution is 2.14. The van der Waals surface area contributed by atoms with Crippen molar-refractivity contribution in [2.75, 3.05) is 5.32 Å². The van der Waals surface area contributed by atoms with Crippen LogP contribution < -0.4 is 10.6 Å². The Bertz CT molecular complexity index is 354. The van der Waals surface area contributed by atoms with Gasteiger partial charge in [0.15, 0.2) is 0 Å². The third kappa shape index (κ3) is 5.04. The summed E-state index contributed by atoms with van der Waals surface area (Å²) in [5.74, 6) is 1.16. The van der Waals surface area contributed by atoms with Crippen molar-refractivity contribution < 1.29 is 4.42 Å². The molecule has 1 aromatic heterocycles. The number of aromatic nitrogens is 2. The maximum atomic E-state index is 5.57. The normalized spacial score (nSPS) is 13.9. The Balaban J connectivity index is 2.52. The van der Waals surface area contributed by atoms with E-state index >= 15 is 0 Å². The second-order valence-electron chi connectivity index (χ2n) is 6.01. The van der Waals surface area contributed by atoms with Gasteiger partial charge in [0.1, 0.15) is 0 Å². The molecule has 0 radical (unpaired) electrons. The van der Waals surface area contributed by atoms with Crippen molar-refractivity contribution in [2.24, 2.45) is 5.92 Å². The van der Waals surface area contributed by atoms with Crippen LogP contribution in [-0.4, -0.2) is 21.8 Å². The molecule has 5 heteroatoms. The Labute approximate surface area is 110 Å². The first kappa shape index (κ1) is 15.0. The summed E-state index contributed by atoms with van der Waals surface area (Å²) >= 11 is 0. The molecule has 18 heavy (non-hydrogen) atoms. The summed E-state index contributed by atoms with van der Waals surface area (Å²) in [6, 6.07) is 0.884. The molecular weight excluding hydrogens is 228 g/mol. The van der Waals surface area contributed by atoms with E-state index < -0.39 is 0 Å². The number of anilines is 1. The molecule has 0 bridgehead atoms. The Kier molecular flexibility index (Phi) is 5.14. The van der Waals surface area contributed by atoms with E-state index in [1.807, 2.05) is 0 Å². The molecule has 0 aliphatic carbocycles. The van der Waals surface area contributed by atoms with Crippen molar-refractivity contribution >= 4 is 6.01 Å². The molecule has 2 N–H and O–H groups in total. The van der Waals surface area contributed by atoms with Crippen LogP contribution >= 0.6 is 0 Å². The molecule has 1 unspecified atom stereocenters. The van der Waals surface area contributed by atoms with Gasteiger partial charge in [0.05, 0.1) is 6.54 Å². The minimum atomic E-state index is 0.0476. The first-order valence-electron chi connectivity index (χ1n) is 6.65. The molecule has 0 aliphatic rings. The molecule has 0 aliphatic heterocycles. The number of nitrogens with one attached hydrogen (secondary N) is 2. The predicted molar refractivity (Wildman–Crippen MR) is 73.4 cm³/mol. The van der Waals surface area contributed by atoms with Crippen molar-refractivity contribution in [2.45, 2.75) is 66.1 Å². The van der Waals surface area contributed by atoms with Crippen LogP contribution in [0.3, 0.4) is 0 Å². The lowest BCUT2D eigenvalue weighted by Gasteiger charge is -2.19. The summed E-state index contributed by atoms with van der Waals surface area (Å²) in [7, 11) is 0. The van der Waals surface area contributed by atoms with E-state index in [-0.39, 0.29) is 5.54 Å². The fourth-order valence-corrected chi connectivity index (χ4v) is 1.62. The molecule has 0 saturated heterocycles. The topological polar surface area (TPSA) is 63.0 Å². The average Bonchev–Trinajstić information content (AvgIpc) is 2.69. The van der Waals surface area contributed by atoms with Crippen molar-refractivity contribution in [1.29, 1.82) is 0 Å². The minimum Gasteiger partial charge on any atom is -0.407 e. The van der Waals surface area contributed by atoms with Crippen LogP contribution in [0.4, 0.5) is 6.01 Å². The zero-order valence-electron chi connectivity index (χ0n) is 12.4. The summed E-state index contributed by atoms with van der Waals surface area (Å²) in [5.41, 5.74) is 0.0476. The van der Waals surface area contributed by atoms with E-state index in [1.54, 1.807) is 0 Å². The highest BCUT2D eigenvalue weighted by atomic mass is 16.4. The lowest BCUT2D eigenvalue weighted by atomic mass is 10.0. The van der Waals surface area contributed by atoms with Gasteiger partial charge in [0.25, 0.3) is 0 Å². The zero-order valence-corrected chi connectivity index (χ0v) is 12.4. The molecule has 0 aromatic carbocycles. The molecule has 1 rings (SSSR count). The molecule has 1 aromatic rings. The van der Waals surface area contributed by atoms with Crippen molar-refractivity contribution in [3.05, 3.63) is 5.89 Å². The molecule has 0 amide bonds. The third-order valence-electron chi connectivity index (χ3n) is 2.79. The van der Waals surface area contributed by atoms with Crippen LogP contribution in [0, 0.1) is 5.92 Å². The summed E-state index contributed by atoms with van der Waals surface area (Å²) in [5, 5.41) is 14.6. The van der Waals surface area contributed by atoms with Crippen LogP contribution in [0.2, 0.25) is 0 Å². The van der Waals surface area contributed by atoms with Crippen LogP contribution in [0.5, 0.6) is 0 Å². The van der Waals surface area contributed by atoms with E-state index in [0.717, 1.165) is 6.42 Å². The smallest absolute Gasteiger partial charge is 0.315 e. The number of hydrogen-bond acceptors (Lipinski definition) is 5. The van der Waals surface area contributed by atoms with Crippen LogP contribution in [0.15, 0.2) is 4.42 Å². The average molecular weight is 254 g/mol. The minimum absolute atomic E-state index is 0.0476. The number of rotatable bonds is 6. The summed E-state index contributed by atoms with van der Waals surface area (Å²) in [6.45, 7) is 13.4. The van der Waals surface area contributed by atoms with Gasteiger partial charge in [0.2, 0.25) is 5.89 Å². The highest BCUT2D eigenvalue weighted by Gasteiger charge is 2.15. The van der Waals surface area contributed by atoms with E-state index in [2.05, 4.69) is 62.4 Å². The maximum absolute atomic E-state index is 5.57. The molecule has 1 atom stereocenters. The Morgan fingerprint density at radius 3 is 2.39 bits per heavy atom. The maximum Gasteiger partial charge on any atom is 0.315 e. The lowest BCUT2D eigenvalue weighted by Crippen LogP contribution is -2.35. The molecular formula is C13H26N4O. The largest absolute Gasteiger partial charge is 0.407 e. The van der Waals surface area contributed by atoms with Crippen LogP contribution in [0.1, 0.15) is 53.9 Å². The second kappa shape index (κ2) is 6.18. The monoisotopic (exact) mass is 254 g/mol. The highest BCUT2D eigenvalue weighted by molar-refractivity contribution is 5.19. The van der Waals surface area contributed by atoms with Gasteiger partial charge < -0.3 is 15.1 Å². The molecule has 0 fully saturated rings. The molecule has 104 valence electrons. The summed E-state index contributed by atoms with van der Waals surface area (Å²) < 4.78 is 5.57. The SMILES string of the molecule is CCC(Nc1nnc(CNC(C)(C)C)o1)C(C)C. The van der Waals surface area contributed by atoms with Gasteiger partial charge in [-0.15, -0.1) is 5.10 Å². The van der Waals surface area contributed by atoms with Gasteiger partial charge >= 0.3 is 6.01 Å². The van der Waals surface area contributed by atoms with Gasteiger partial charge in [-0.2, -0.15) is 0 Å². The number of hydrogen-bond donors (Lipinski definition) is 2. The fourth-order valence-electron chi connectivity index (χ4n) is 1.62. The first-order valence-corrected chi connectivity index (χ1v) is 6.65. The van der Waals surface area contributed by atoms with E-state index in [0.29, 0.717) is 30.4 Å². The third-order valence-corrected chi connectivity index (χ3v) is 2.79. The second-order valence-corrected chi connectivity index (χ2v) is 6.01. The standard InChI is InChI=1S/C13H26N4O/c1-7-10(9(2)3)15-12-17-16-11(18-12)8-14-13(4,5)6/h9-10,14H,7-8H2,1-6H3,(H,15,17). The van der Waals surface area contributed by atoms with Gasteiger partial charge in [-0.25, -0.2) is 0 Å². The predicted octanol–water partition coefficient (Wildman–Crippen LogP) is 2.80. The Hall–Kier alpha value is -1.10.